The lowest BCUT2D eigenvalue weighted by Crippen LogP contribution is -2.48. The molecule has 2 aromatic heterocycles. The molecule has 1 aliphatic heterocycles. The molecule has 21 heavy (non-hydrogen) atoms. The lowest BCUT2D eigenvalue weighted by molar-refractivity contribution is 0.0313. The molecule has 2 aromatic rings. The van der Waals surface area contributed by atoms with Gasteiger partial charge in [-0.3, -0.25) is 4.40 Å². The van der Waals surface area contributed by atoms with Crippen molar-refractivity contribution in [1.82, 2.24) is 13.7 Å². The van der Waals surface area contributed by atoms with Crippen LogP contribution in [0.4, 0.5) is 0 Å². The van der Waals surface area contributed by atoms with Gasteiger partial charge >= 0.3 is 0 Å². The maximum Gasteiger partial charge on any atom is 0.262 e. The molecular formula is C13H16ClN3O3S. The number of nitrogens with zero attached hydrogens (tertiary/aromatic N) is 3. The zero-order valence-corrected chi connectivity index (χ0v) is 13.1. The predicted octanol–water partition coefficient (Wildman–Crippen LogP) is 1.79. The van der Waals surface area contributed by atoms with Gasteiger partial charge in [0.25, 0.3) is 10.0 Å². The third kappa shape index (κ3) is 2.44. The summed E-state index contributed by atoms with van der Waals surface area (Å²) in [6, 6.07) is 5.09. The van der Waals surface area contributed by atoms with Crippen molar-refractivity contribution in [3.8, 4) is 0 Å². The van der Waals surface area contributed by atoms with Gasteiger partial charge < -0.3 is 4.74 Å². The summed E-state index contributed by atoms with van der Waals surface area (Å²) in [6.07, 6.45) is 2.34. The van der Waals surface area contributed by atoms with E-state index in [0.29, 0.717) is 31.8 Å². The molecule has 1 aliphatic rings. The summed E-state index contributed by atoms with van der Waals surface area (Å²) in [4.78, 5) is 4.12. The summed E-state index contributed by atoms with van der Waals surface area (Å²) in [5.41, 5.74) is 0.516. The van der Waals surface area contributed by atoms with Crippen LogP contribution < -0.4 is 0 Å². The van der Waals surface area contributed by atoms with Gasteiger partial charge in [-0.1, -0.05) is 24.6 Å². The fourth-order valence-corrected chi connectivity index (χ4v) is 4.84. The summed E-state index contributed by atoms with van der Waals surface area (Å²) in [6.45, 7) is 3.07. The topological polar surface area (TPSA) is 63.9 Å². The lowest BCUT2D eigenvalue weighted by Gasteiger charge is -2.33. The SMILES string of the molecule is CC[C@H]1COCCN1S(=O)(=O)c1c(Cl)nc2ccccn12. The van der Waals surface area contributed by atoms with Crippen molar-refractivity contribution in [1.29, 1.82) is 0 Å². The smallest absolute Gasteiger partial charge is 0.262 e. The first kappa shape index (κ1) is 14.8. The molecule has 8 heteroatoms. The van der Waals surface area contributed by atoms with Crippen LogP contribution in [0.1, 0.15) is 13.3 Å². The van der Waals surface area contributed by atoms with Crippen LogP contribution in [0.5, 0.6) is 0 Å². The largest absolute Gasteiger partial charge is 0.378 e. The third-order valence-corrected chi connectivity index (χ3v) is 6.00. The lowest BCUT2D eigenvalue weighted by atomic mass is 10.2. The van der Waals surface area contributed by atoms with Crippen LogP contribution in [-0.2, 0) is 14.8 Å². The number of halogens is 1. The van der Waals surface area contributed by atoms with Crippen LogP contribution in [0.25, 0.3) is 5.65 Å². The maximum absolute atomic E-state index is 13.0. The first-order chi connectivity index (χ1) is 10.1. The molecule has 0 N–H and O–H groups in total. The highest BCUT2D eigenvalue weighted by Gasteiger charge is 2.36. The molecule has 6 nitrogen and oxygen atoms in total. The number of hydrogen-bond acceptors (Lipinski definition) is 4. The van der Waals surface area contributed by atoms with E-state index in [4.69, 9.17) is 16.3 Å². The van der Waals surface area contributed by atoms with Crippen molar-refractivity contribution in [3.63, 3.8) is 0 Å². The van der Waals surface area contributed by atoms with E-state index >= 15 is 0 Å². The molecule has 0 saturated carbocycles. The van der Waals surface area contributed by atoms with Gasteiger partial charge in [0.15, 0.2) is 10.2 Å². The molecular weight excluding hydrogens is 314 g/mol. The number of imidazole rings is 1. The van der Waals surface area contributed by atoms with Crippen molar-refractivity contribution in [2.24, 2.45) is 0 Å². The fraction of sp³-hybridized carbons (Fsp3) is 0.462. The molecule has 0 aliphatic carbocycles. The second-order valence-corrected chi connectivity index (χ2v) is 7.05. The number of morpholine rings is 1. The number of ether oxygens (including phenoxy) is 1. The molecule has 0 radical (unpaired) electrons. The van der Waals surface area contributed by atoms with E-state index in [9.17, 15) is 8.42 Å². The van der Waals surface area contributed by atoms with Crippen molar-refractivity contribution >= 4 is 27.3 Å². The Hall–Kier alpha value is -1.15. The van der Waals surface area contributed by atoms with Crippen molar-refractivity contribution in [2.75, 3.05) is 19.8 Å². The molecule has 1 atom stereocenters. The molecule has 0 bridgehead atoms. The number of hydrogen-bond donors (Lipinski definition) is 0. The molecule has 1 fully saturated rings. The van der Waals surface area contributed by atoms with Gasteiger partial charge in [0.05, 0.1) is 13.2 Å². The van der Waals surface area contributed by atoms with Gasteiger partial charge in [-0.2, -0.15) is 4.31 Å². The Balaban J connectivity index is 2.14. The summed E-state index contributed by atoms with van der Waals surface area (Å²) < 4.78 is 34.3. The van der Waals surface area contributed by atoms with Gasteiger partial charge in [-0.25, -0.2) is 13.4 Å². The first-order valence-electron chi connectivity index (χ1n) is 6.78. The van der Waals surface area contributed by atoms with E-state index in [1.165, 1.54) is 8.71 Å². The zero-order valence-electron chi connectivity index (χ0n) is 11.6. The van der Waals surface area contributed by atoms with E-state index in [1.807, 2.05) is 6.92 Å². The van der Waals surface area contributed by atoms with Crippen LogP contribution >= 0.6 is 11.6 Å². The van der Waals surface area contributed by atoms with Gasteiger partial charge in [0.2, 0.25) is 0 Å². The molecule has 0 unspecified atom stereocenters. The van der Waals surface area contributed by atoms with Gasteiger partial charge in [-0.05, 0) is 18.6 Å². The third-order valence-electron chi connectivity index (χ3n) is 3.64. The van der Waals surface area contributed by atoms with Crippen LogP contribution in [-0.4, -0.2) is 47.9 Å². The highest BCUT2D eigenvalue weighted by molar-refractivity contribution is 7.89. The van der Waals surface area contributed by atoms with Crippen LogP contribution in [0.2, 0.25) is 5.15 Å². The molecule has 1 saturated heterocycles. The first-order valence-corrected chi connectivity index (χ1v) is 8.59. The summed E-state index contributed by atoms with van der Waals surface area (Å²) in [5, 5.41) is 0.0302. The Kier molecular flexibility index (Phi) is 3.92. The minimum Gasteiger partial charge on any atom is -0.378 e. The zero-order chi connectivity index (χ0) is 15.0. The summed E-state index contributed by atoms with van der Waals surface area (Å²) in [7, 11) is -3.72. The predicted molar refractivity (Wildman–Crippen MR) is 79.0 cm³/mol. The van der Waals surface area contributed by atoms with Crippen LogP contribution in [0.15, 0.2) is 29.4 Å². The monoisotopic (exact) mass is 329 g/mol. The number of sulfonamides is 1. The van der Waals surface area contributed by atoms with E-state index in [2.05, 4.69) is 4.98 Å². The fourth-order valence-electron chi connectivity index (χ4n) is 2.56. The molecule has 3 rings (SSSR count). The summed E-state index contributed by atoms with van der Waals surface area (Å²) >= 11 is 6.09. The van der Waals surface area contributed by atoms with E-state index in [1.54, 1.807) is 24.4 Å². The Bertz CT molecular complexity index is 759. The van der Waals surface area contributed by atoms with Crippen LogP contribution in [0, 0.1) is 0 Å². The Morgan fingerprint density at radius 1 is 1.48 bits per heavy atom. The molecule has 0 spiro atoms. The minimum atomic E-state index is -3.72. The van der Waals surface area contributed by atoms with E-state index in [-0.39, 0.29) is 16.2 Å². The molecule has 3 heterocycles. The second kappa shape index (κ2) is 5.57. The van der Waals surface area contributed by atoms with Crippen LogP contribution in [0.3, 0.4) is 0 Å². The number of fused-ring (bicyclic) bond motifs is 1. The van der Waals surface area contributed by atoms with Crippen molar-refractivity contribution in [2.45, 2.75) is 24.4 Å². The Morgan fingerprint density at radius 3 is 3.05 bits per heavy atom. The minimum absolute atomic E-state index is 0.00236. The average Bonchev–Trinajstić information content (AvgIpc) is 2.83. The average molecular weight is 330 g/mol. The second-order valence-electron chi connectivity index (χ2n) is 4.89. The van der Waals surface area contributed by atoms with Crippen molar-refractivity contribution in [3.05, 3.63) is 29.5 Å². The quantitative estimate of drug-likeness (QED) is 0.861. The van der Waals surface area contributed by atoms with E-state index in [0.717, 1.165) is 0 Å². The van der Waals surface area contributed by atoms with Gasteiger partial charge in [0, 0.05) is 18.8 Å². The van der Waals surface area contributed by atoms with Gasteiger partial charge in [0.1, 0.15) is 5.65 Å². The Morgan fingerprint density at radius 2 is 2.29 bits per heavy atom. The van der Waals surface area contributed by atoms with Gasteiger partial charge in [-0.15, -0.1) is 0 Å². The highest BCUT2D eigenvalue weighted by Crippen LogP contribution is 2.28. The number of pyridine rings is 1. The van der Waals surface area contributed by atoms with Crippen molar-refractivity contribution < 1.29 is 13.2 Å². The number of aromatic nitrogens is 2. The normalized spacial score (nSPS) is 21.0. The molecule has 0 aromatic carbocycles. The Labute approximate surface area is 128 Å². The summed E-state index contributed by atoms with van der Waals surface area (Å²) in [5.74, 6) is 0. The maximum atomic E-state index is 13.0. The number of rotatable bonds is 3. The standard InChI is InChI=1S/C13H16ClN3O3S/c1-2-10-9-20-8-7-17(10)21(18,19)13-12(14)15-11-5-3-4-6-16(11)13/h3-6,10H,2,7-9H2,1H3/t10-/m0/s1. The molecule has 0 amide bonds. The van der Waals surface area contributed by atoms with E-state index < -0.39 is 10.0 Å². The molecule has 114 valence electrons. The highest BCUT2D eigenvalue weighted by atomic mass is 35.5.